The second kappa shape index (κ2) is 16.1. The lowest BCUT2D eigenvalue weighted by Gasteiger charge is -2.13. The minimum absolute atomic E-state index is 0.125. The molecule has 0 aromatic carbocycles. The van der Waals surface area contributed by atoms with E-state index in [2.05, 4.69) is 13.8 Å². The third kappa shape index (κ3) is 15.8. The van der Waals surface area contributed by atoms with Crippen molar-refractivity contribution in [3.8, 4) is 0 Å². The first kappa shape index (κ1) is 24.9. The molecule has 0 aromatic rings. The maximum Gasteiger partial charge on any atom is 0.267 e. The first-order valence-corrected chi connectivity index (χ1v) is 12.1. The molecule has 0 aliphatic carbocycles. The van der Waals surface area contributed by atoms with E-state index < -0.39 is 15.4 Å². The highest BCUT2D eigenvalue weighted by molar-refractivity contribution is 7.86. The first-order valence-electron chi connectivity index (χ1n) is 10.6. The van der Waals surface area contributed by atoms with E-state index in [-0.39, 0.29) is 6.10 Å². The first-order chi connectivity index (χ1) is 11.9. The molecule has 0 saturated heterocycles. The van der Waals surface area contributed by atoms with Crippen LogP contribution in [0.15, 0.2) is 0 Å². The van der Waals surface area contributed by atoms with Gasteiger partial charge >= 0.3 is 0 Å². The molecule has 4 nitrogen and oxygen atoms in total. The molecule has 0 aromatic heterocycles. The highest BCUT2D eigenvalue weighted by Crippen LogP contribution is 2.19. The van der Waals surface area contributed by atoms with E-state index in [1.54, 1.807) is 0 Å². The minimum atomic E-state index is -3.89. The third-order valence-corrected chi connectivity index (χ3v) is 6.30. The molecule has 0 radical (unpaired) electrons. The van der Waals surface area contributed by atoms with Crippen molar-refractivity contribution in [2.45, 2.75) is 128 Å². The molecule has 0 aliphatic rings. The summed E-state index contributed by atoms with van der Waals surface area (Å²) >= 11 is 0. The summed E-state index contributed by atoms with van der Waals surface area (Å²) in [6, 6.07) is 0. The molecule has 5 heteroatoms. The van der Waals surface area contributed by atoms with Crippen molar-refractivity contribution < 1.29 is 18.1 Å². The van der Waals surface area contributed by atoms with Gasteiger partial charge in [-0.15, -0.1) is 0 Å². The zero-order chi connectivity index (χ0) is 19.0. The summed E-state index contributed by atoms with van der Waals surface area (Å²) < 4.78 is 32.3. The molecule has 2 atom stereocenters. The van der Waals surface area contributed by atoms with Crippen molar-refractivity contribution in [1.82, 2.24) is 0 Å². The lowest BCUT2D eigenvalue weighted by Crippen LogP contribution is -2.20. The Kier molecular flexibility index (Phi) is 16.0. The van der Waals surface area contributed by atoms with Crippen LogP contribution in [0, 0.1) is 0 Å². The van der Waals surface area contributed by atoms with Crippen molar-refractivity contribution in [3.05, 3.63) is 0 Å². The van der Waals surface area contributed by atoms with Crippen LogP contribution in [0.1, 0.15) is 117 Å². The van der Waals surface area contributed by atoms with Gasteiger partial charge in [0.1, 0.15) is 0 Å². The Morgan fingerprint density at radius 2 is 1.08 bits per heavy atom. The summed E-state index contributed by atoms with van der Waals surface area (Å²) in [5, 5.41) is 9.10. The molecule has 0 fully saturated rings. The summed E-state index contributed by atoms with van der Waals surface area (Å²) in [5.41, 5.74) is 0. The maximum atomic E-state index is 11.5. The van der Waals surface area contributed by atoms with E-state index in [1.807, 2.05) is 0 Å². The third-order valence-electron chi connectivity index (χ3n) is 4.99. The summed E-state index contributed by atoms with van der Waals surface area (Å²) in [6.07, 6.45) is 15.8. The van der Waals surface area contributed by atoms with Gasteiger partial charge in [-0.2, -0.15) is 8.42 Å². The van der Waals surface area contributed by atoms with Crippen LogP contribution in [0.25, 0.3) is 0 Å². The largest absolute Gasteiger partial charge is 0.393 e. The van der Waals surface area contributed by atoms with Crippen LogP contribution >= 0.6 is 0 Å². The Morgan fingerprint density at radius 1 is 0.640 bits per heavy atom. The second-order valence-electron chi connectivity index (χ2n) is 7.48. The number of rotatable bonds is 18. The van der Waals surface area contributed by atoms with Crippen molar-refractivity contribution in [2.75, 3.05) is 0 Å². The smallest absolute Gasteiger partial charge is 0.267 e. The van der Waals surface area contributed by atoms with E-state index in [4.69, 9.17) is 0 Å². The fraction of sp³-hybridized carbons (Fsp3) is 1.00. The number of unbranched alkanes of at least 4 members (excludes halogenated alkanes) is 9. The number of aliphatic hydroxyl groups is 1. The van der Waals surface area contributed by atoms with Crippen LogP contribution < -0.4 is 0 Å². The van der Waals surface area contributed by atoms with Crippen LogP contribution in [-0.2, 0) is 10.1 Å². The maximum absolute atomic E-state index is 11.5. The lowest BCUT2D eigenvalue weighted by atomic mass is 10.0. The summed E-state index contributed by atoms with van der Waals surface area (Å²) in [6.45, 7) is 4.23. The van der Waals surface area contributed by atoms with Gasteiger partial charge in [0.05, 0.1) is 11.4 Å². The zero-order valence-corrected chi connectivity index (χ0v) is 17.4. The highest BCUT2D eigenvalue weighted by Gasteiger charge is 2.21. The molecule has 0 saturated carbocycles. The molecule has 25 heavy (non-hydrogen) atoms. The van der Waals surface area contributed by atoms with Crippen molar-refractivity contribution in [1.29, 1.82) is 0 Å². The topological polar surface area (TPSA) is 74.6 Å². The second-order valence-corrected chi connectivity index (χ2v) is 9.18. The van der Waals surface area contributed by atoms with Crippen LogP contribution in [0.4, 0.5) is 0 Å². The molecular formula is C20H42O4S. The average Bonchev–Trinajstić information content (AvgIpc) is 2.54. The highest BCUT2D eigenvalue weighted by atomic mass is 32.2. The Morgan fingerprint density at radius 3 is 1.52 bits per heavy atom. The lowest BCUT2D eigenvalue weighted by molar-refractivity contribution is 0.150. The van der Waals surface area contributed by atoms with Crippen molar-refractivity contribution >= 4 is 10.1 Å². The van der Waals surface area contributed by atoms with Gasteiger partial charge in [0, 0.05) is 0 Å². The fourth-order valence-electron chi connectivity index (χ4n) is 3.35. The van der Waals surface area contributed by atoms with E-state index in [0.29, 0.717) is 12.8 Å². The molecule has 0 aliphatic heterocycles. The number of hydrogen-bond acceptors (Lipinski definition) is 3. The SMILES string of the molecule is CCCCCCC(CCCCCCCCCC(O)CCC)S(=O)(=O)O. The molecule has 0 spiro atoms. The van der Waals surface area contributed by atoms with E-state index in [9.17, 15) is 18.1 Å². The molecule has 0 amide bonds. The van der Waals surface area contributed by atoms with Gasteiger partial charge < -0.3 is 5.11 Å². The van der Waals surface area contributed by atoms with Gasteiger partial charge in [-0.25, -0.2) is 0 Å². The van der Waals surface area contributed by atoms with Crippen LogP contribution in [0.5, 0.6) is 0 Å². The molecule has 0 bridgehead atoms. The Balaban J connectivity index is 3.65. The molecule has 2 N–H and O–H groups in total. The molecule has 0 rings (SSSR count). The van der Waals surface area contributed by atoms with E-state index in [0.717, 1.165) is 70.6 Å². The fourth-order valence-corrected chi connectivity index (χ4v) is 4.28. The summed E-state index contributed by atoms with van der Waals surface area (Å²) in [7, 11) is -3.89. The van der Waals surface area contributed by atoms with Crippen LogP contribution in [0.3, 0.4) is 0 Å². The van der Waals surface area contributed by atoms with Gasteiger partial charge in [0.25, 0.3) is 10.1 Å². The van der Waals surface area contributed by atoms with Crippen LogP contribution in [-0.4, -0.2) is 29.4 Å². The van der Waals surface area contributed by atoms with Crippen molar-refractivity contribution in [3.63, 3.8) is 0 Å². The monoisotopic (exact) mass is 378 g/mol. The molecular weight excluding hydrogens is 336 g/mol. The Bertz CT molecular complexity index is 381. The zero-order valence-electron chi connectivity index (χ0n) is 16.6. The van der Waals surface area contributed by atoms with E-state index in [1.165, 1.54) is 19.3 Å². The summed E-state index contributed by atoms with van der Waals surface area (Å²) in [5.74, 6) is 0. The van der Waals surface area contributed by atoms with E-state index >= 15 is 0 Å². The van der Waals surface area contributed by atoms with Gasteiger partial charge in [0.15, 0.2) is 0 Å². The van der Waals surface area contributed by atoms with Gasteiger partial charge in [-0.1, -0.05) is 90.9 Å². The Labute approximate surface area is 156 Å². The van der Waals surface area contributed by atoms with Gasteiger partial charge in [-0.3, -0.25) is 4.55 Å². The van der Waals surface area contributed by atoms with Crippen LogP contribution in [0.2, 0.25) is 0 Å². The summed E-state index contributed by atoms with van der Waals surface area (Å²) in [4.78, 5) is 0. The van der Waals surface area contributed by atoms with Gasteiger partial charge in [-0.05, 0) is 25.7 Å². The molecule has 152 valence electrons. The van der Waals surface area contributed by atoms with Crippen molar-refractivity contribution in [2.24, 2.45) is 0 Å². The molecule has 0 heterocycles. The van der Waals surface area contributed by atoms with Gasteiger partial charge in [0.2, 0.25) is 0 Å². The standard InChI is InChI=1S/C20H42O4S/c1-3-5-6-13-17-20(25(22,23)24)18-14-11-9-7-8-10-12-16-19(21)15-4-2/h19-21H,3-18H2,1-2H3,(H,22,23,24). The predicted octanol–water partition coefficient (Wildman–Crippen LogP) is 5.89. The normalized spacial score (nSPS) is 14.6. The minimum Gasteiger partial charge on any atom is -0.393 e. The Hall–Kier alpha value is -0.130. The molecule has 2 unspecified atom stereocenters. The number of hydrogen-bond donors (Lipinski definition) is 2. The quantitative estimate of drug-likeness (QED) is 0.230. The predicted molar refractivity (Wildman–Crippen MR) is 107 cm³/mol. The number of aliphatic hydroxyl groups excluding tert-OH is 1. The average molecular weight is 379 g/mol.